The van der Waals surface area contributed by atoms with Crippen LogP contribution in [0.25, 0.3) is 0 Å². The zero-order valence-electron chi connectivity index (χ0n) is 6.27. The van der Waals surface area contributed by atoms with Crippen LogP contribution in [0.2, 0.25) is 0 Å². The topological polar surface area (TPSA) is 12.9 Å². The summed E-state index contributed by atoms with van der Waals surface area (Å²) in [6.07, 6.45) is 1.30. The zero-order chi connectivity index (χ0) is 8.48. The molecule has 0 amide bonds. The summed E-state index contributed by atoms with van der Waals surface area (Å²) in [5.74, 6) is 0. The molecule has 0 saturated heterocycles. The third-order valence-corrected chi connectivity index (χ3v) is 1.80. The van der Waals surface area contributed by atoms with Crippen molar-refractivity contribution in [2.45, 2.75) is 0 Å². The number of halogens is 4. The molecule has 0 spiro atoms. The van der Waals surface area contributed by atoms with Crippen LogP contribution in [0.3, 0.4) is 0 Å². The van der Waals surface area contributed by atoms with Crippen LogP contribution in [0.5, 0.6) is 0 Å². The Morgan fingerprint density at radius 2 is 1.92 bits per heavy atom. The summed E-state index contributed by atoms with van der Waals surface area (Å²) in [6, 6.07) is 2.26. The first-order valence-corrected chi connectivity index (χ1v) is 3.61. The van der Waals surface area contributed by atoms with Gasteiger partial charge in [-0.15, -0.1) is 0 Å². The van der Waals surface area contributed by atoms with Gasteiger partial charge in [-0.3, -0.25) is 4.98 Å². The Morgan fingerprint density at radius 3 is 2.25 bits per heavy atom. The van der Waals surface area contributed by atoms with Gasteiger partial charge in [-0.1, -0.05) is 11.5 Å². The standard InChI is InChI=1S/C5H3BBrF3N.K/c7-5-4(6(8,9)10)2-1-3-11-5;/h1-3H;/q-1;+1. The summed E-state index contributed by atoms with van der Waals surface area (Å²) in [5, 5.41) is 0. The molecule has 60 valence electrons. The second-order valence-electron chi connectivity index (χ2n) is 1.96. The molecule has 1 rings (SSSR count). The first-order chi connectivity index (χ1) is 5.02. The van der Waals surface area contributed by atoms with E-state index < -0.39 is 12.4 Å². The average Bonchev–Trinajstić information content (AvgIpc) is 1.86. The van der Waals surface area contributed by atoms with Crippen molar-refractivity contribution in [3.8, 4) is 0 Å². The quantitative estimate of drug-likeness (QED) is 0.463. The number of aromatic nitrogens is 1. The zero-order valence-corrected chi connectivity index (χ0v) is 11.0. The van der Waals surface area contributed by atoms with Gasteiger partial charge in [-0.25, -0.2) is 0 Å². The second kappa shape index (κ2) is 5.11. The second-order valence-corrected chi connectivity index (χ2v) is 2.71. The van der Waals surface area contributed by atoms with Crippen molar-refractivity contribution in [1.29, 1.82) is 0 Å². The number of hydrogen-bond donors (Lipinski definition) is 0. The maximum absolute atomic E-state index is 12.0. The Bertz CT molecular complexity index is 267. The Morgan fingerprint density at radius 1 is 1.33 bits per heavy atom. The van der Waals surface area contributed by atoms with Gasteiger partial charge in [0.25, 0.3) is 0 Å². The molecular formula is C5H3BBrF3KN. The van der Waals surface area contributed by atoms with E-state index in [0.29, 0.717) is 0 Å². The van der Waals surface area contributed by atoms with E-state index in [4.69, 9.17) is 0 Å². The van der Waals surface area contributed by atoms with Gasteiger partial charge in [-0.2, -0.15) is 0 Å². The molecule has 1 aromatic heterocycles. The number of hydrogen-bond acceptors (Lipinski definition) is 1. The summed E-state index contributed by atoms with van der Waals surface area (Å²) >= 11 is 2.72. The van der Waals surface area contributed by atoms with E-state index in [2.05, 4.69) is 20.9 Å². The van der Waals surface area contributed by atoms with Crippen molar-refractivity contribution in [3.05, 3.63) is 22.9 Å². The Labute approximate surface area is 119 Å². The van der Waals surface area contributed by atoms with E-state index in [1.54, 1.807) is 0 Å². The van der Waals surface area contributed by atoms with Gasteiger partial charge in [-0.05, 0) is 22.0 Å². The van der Waals surface area contributed by atoms with Gasteiger partial charge in [0, 0.05) is 6.20 Å². The van der Waals surface area contributed by atoms with Crippen LogP contribution in [0.1, 0.15) is 0 Å². The molecule has 7 heteroatoms. The van der Waals surface area contributed by atoms with Crippen molar-refractivity contribution in [2.24, 2.45) is 0 Å². The predicted molar refractivity (Wildman–Crippen MR) is 40.6 cm³/mol. The third-order valence-electron chi connectivity index (χ3n) is 1.14. The number of pyridine rings is 1. The Kier molecular flexibility index (Phi) is 5.59. The van der Waals surface area contributed by atoms with Crippen LogP contribution < -0.4 is 56.8 Å². The Hall–Kier alpha value is 1.12. The molecule has 0 N–H and O–H groups in total. The van der Waals surface area contributed by atoms with Gasteiger partial charge in [0.1, 0.15) is 0 Å². The molecule has 0 bridgehead atoms. The van der Waals surface area contributed by atoms with Crippen molar-refractivity contribution >= 4 is 28.4 Å². The van der Waals surface area contributed by atoms with E-state index in [0.717, 1.165) is 6.07 Å². The van der Waals surface area contributed by atoms with E-state index in [9.17, 15) is 12.9 Å². The van der Waals surface area contributed by atoms with Crippen LogP contribution in [0.15, 0.2) is 22.9 Å². The van der Waals surface area contributed by atoms with Crippen LogP contribution >= 0.6 is 15.9 Å². The summed E-state index contributed by atoms with van der Waals surface area (Å²) in [4.78, 5) is 3.46. The summed E-state index contributed by atoms with van der Waals surface area (Å²) in [7, 11) is 0. The molecule has 0 aliphatic heterocycles. The fourth-order valence-corrected chi connectivity index (χ4v) is 1.15. The molecule has 0 aliphatic rings. The first kappa shape index (κ1) is 13.1. The van der Waals surface area contributed by atoms with Crippen molar-refractivity contribution in [1.82, 2.24) is 4.98 Å². The molecule has 0 aromatic carbocycles. The molecule has 0 fully saturated rings. The minimum Gasteiger partial charge on any atom is -0.445 e. The average molecular weight is 264 g/mol. The molecule has 0 radical (unpaired) electrons. The van der Waals surface area contributed by atoms with E-state index in [1.165, 1.54) is 12.3 Å². The van der Waals surface area contributed by atoms with Crippen molar-refractivity contribution < 1.29 is 64.3 Å². The molecule has 0 unspecified atom stereocenters. The molecule has 1 aromatic rings. The van der Waals surface area contributed by atoms with Gasteiger partial charge < -0.3 is 12.9 Å². The molecule has 0 aliphatic carbocycles. The minimum absolute atomic E-state index is 0. The number of rotatable bonds is 1. The van der Waals surface area contributed by atoms with E-state index in [-0.39, 0.29) is 56.0 Å². The molecule has 0 atom stereocenters. The largest absolute Gasteiger partial charge is 1.00 e. The fourth-order valence-electron chi connectivity index (χ4n) is 0.643. The SMILES string of the molecule is F[B-](F)(F)c1cccnc1Br.[K+]. The predicted octanol–water partition coefficient (Wildman–Crippen LogP) is -1.10. The van der Waals surface area contributed by atoms with Gasteiger partial charge in [0.2, 0.25) is 0 Å². The minimum atomic E-state index is -4.94. The third kappa shape index (κ3) is 3.47. The van der Waals surface area contributed by atoms with Gasteiger partial charge in [0.05, 0.1) is 4.60 Å². The molecule has 1 heterocycles. The number of nitrogens with zero attached hydrogens (tertiary/aromatic N) is 1. The maximum atomic E-state index is 12.0. The van der Waals surface area contributed by atoms with Crippen LogP contribution in [-0.4, -0.2) is 12.0 Å². The van der Waals surface area contributed by atoms with Crippen molar-refractivity contribution in [2.75, 3.05) is 0 Å². The summed E-state index contributed by atoms with van der Waals surface area (Å²) < 4.78 is 36.0. The summed E-state index contributed by atoms with van der Waals surface area (Å²) in [6.45, 7) is -4.94. The monoisotopic (exact) mass is 263 g/mol. The smallest absolute Gasteiger partial charge is 0.445 e. The van der Waals surface area contributed by atoms with Crippen LogP contribution in [-0.2, 0) is 0 Å². The van der Waals surface area contributed by atoms with Crippen LogP contribution in [0, 0.1) is 0 Å². The van der Waals surface area contributed by atoms with Gasteiger partial charge in [0.15, 0.2) is 0 Å². The van der Waals surface area contributed by atoms with Crippen LogP contribution in [0.4, 0.5) is 12.9 Å². The molecule has 0 saturated carbocycles. The normalized spacial score (nSPS) is 10.7. The first-order valence-electron chi connectivity index (χ1n) is 2.82. The summed E-state index contributed by atoms with van der Waals surface area (Å²) in [5.41, 5.74) is -0.688. The van der Waals surface area contributed by atoms with Crippen molar-refractivity contribution in [3.63, 3.8) is 0 Å². The Balaban J connectivity index is 0.00000121. The molecule has 1 nitrogen and oxygen atoms in total. The molecular weight excluding hydrogens is 261 g/mol. The van der Waals surface area contributed by atoms with E-state index in [1.807, 2.05) is 0 Å². The fraction of sp³-hybridized carbons (Fsp3) is 0. The van der Waals surface area contributed by atoms with Gasteiger partial charge >= 0.3 is 58.4 Å². The molecule has 12 heavy (non-hydrogen) atoms. The maximum Gasteiger partial charge on any atom is 1.00 e. The van der Waals surface area contributed by atoms with E-state index >= 15 is 0 Å².